The van der Waals surface area contributed by atoms with Gasteiger partial charge in [-0.3, -0.25) is 9.20 Å². The fourth-order valence-corrected chi connectivity index (χ4v) is 2.37. The SMILES string of the molecule is CC(NC(=O)c1cn2cccnc2n1)C(O)c1ccc(Cl)cc1. The van der Waals surface area contributed by atoms with E-state index in [0.29, 0.717) is 16.4 Å². The summed E-state index contributed by atoms with van der Waals surface area (Å²) in [5.74, 6) is 0.0829. The predicted octanol–water partition coefficient (Wildman–Crippen LogP) is 2.23. The number of fused-ring (bicyclic) bond motifs is 1. The van der Waals surface area contributed by atoms with E-state index in [1.165, 1.54) is 0 Å². The first-order valence-electron chi connectivity index (χ1n) is 7.09. The molecule has 0 aliphatic heterocycles. The Morgan fingerprint density at radius 2 is 2.09 bits per heavy atom. The molecule has 118 valence electrons. The van der Waals surface area contributed by atoms with E-state index < -0.39 is 12.1 Å². The number of imidazole rings is 1. The van der Waals surface area contributed by atoms with E-state index in [4.69, 9.17) is 11.6 Å². The largest absolute Gasteiger partial charge is 0.386 e. The molecule has 2 unspecified atom stereocenters. The second-order valence-corrected chi connectivity index (χ2v) is 5.65. The number of hydrogen-bond donors (Lipinski definition) is 2. The monoisotopic (exact) mass is 330 g/mol. The van der Waals surface area contributed by atoms with Crippen LogP contribution in [0.4, 0.5) is 0 Å². The van der Waals surface area contributed by atoms with Gasteiger partial charge in [-0.2, -0.15) is 0 Å². The lowest BCUT2D eigenvalue weighted by Gasteiger charge is -2.20. The van der Waals surface area contributed by atoms with Crippen LogP contribution in [0.2, 0.25) is 5.02 Å². The average Bonchev–Trinajstić information content (AvgIpc) is 2.99. The highest BCUT2D eigenvalue weighted by atomic mass is 35.5. The number of carbonyl (C=O) groups is 1. The summed E-state index contributed by atoms with van der Waals surface area (Å²) < 4.78 is 1.66. The zero-order valence-electron chi connectivity index (χ0n) is 12.3. The van der Waals surface area contributed by atoms with Crippen LogP contribution in [0.1, 0.15) is 29.1 Å². The van der Waals surface area contributed by atoms with Gasteiger partial charge in [-0.25, -0.2) is 9.97 Å². The van der Waals surface area contributed by atoms with Crippen molar-refractivity contribution in [3.05, 3.63) is 65.2 Å². The van der Waals surface area contributed by atoms with Crippen LogP contribution >= 0.6 is 11.6 Å². The Kier molecular flexibility index (Phi) is 4.27. The van der Waals surface area contributed by atoms with Crippen molar-refractivity contribution in [3.63, 3.8) is 0 Å². The molecule has 3 aromatic rings. The van der Waals surface area contributed by atoms with Crippen LogP contribution in [-0.4, -0.2) is 31.4 Å². The van der Waals surface area contributed by atoms with Gasteiger partial charge in [0.1, 0.15) is 5.69 Å². The molecule has 0 aliphatic rings. The molecule has 0 saturated carbocycles. The van der Waals surface area contributed by atoms with Crippen molar-refractivity contribution in [1.82, 2.24) is 19.7 Å². The van der Waals surface area contributed by atoms with Crippen LogP contribution in [0.3, 0.4) is 0 Å². The maximum atomic E-state index is 12.3. The van der Waals surface area contributed by atoms with Gasteiger partial charge in [0.15, 0.2) is 0 Å². The lowest BCUT2D eigenvalue weighted by molar-refractivity contribution is 0.0848. The number of aliphatic hydroxyl groups excluding tert-OH is 1. The predicted molar refractivity (Wildman–Crippen MR) is 86.3 cm³/mol. The molecule has 2 aromatic heterocycles. The zero-order valence-corrected chi connectivity index (χ0v) is 13.1. The number of rotatable bonds is 4. The third kappa shape index (κ3) is 3.33. The van der Waals surface area contributed by atoms with Crippen LogP contribution in [-0.2, 0) is 0 Å². The summed E-state index contributed by atoms with van der Waals surface area (Å²) >= 11 is 5.83. The fourth-order valence-electron chi connectivity index (χ4n) is 2.25. The number of nitrogens with zero attached hydrogens (tertiary/aromatic N) is 3. The van der Waals surface area contributed by atoms with Crippen molar-refractivity contribution >= 4 is 23.3 Å². The first-order valence-corrected chi connectivity index (χ1v) is 7.46. The minimum Gasteiger partial charge on any atom is -0.386 e. The maximum absolute atomic E-state index is 12.3. The fraction of sp³-hybridized carbons (Fsp3) is 0.188. The quantitative estimate of drug-likeness (QED) is 0.769. The molecule has 0 fully saturated rings. The molecule has 2 heterocycles. The van der Waals surface area contributed by atoms with E-state index in [2.05, 4.69) is 15.3 Å². The molecule has 0 saturated heterocycles. The Bertz CT molecular complexity index is 798. The molecule has 2 N–H and O–H groups in total. The smallest absolute Gasteiger partial charge is 0.271 e. The number of hydrogen-bond acceptors (Lipinski definition) is 4. The van der Waals surface area contributed by atoms with Crippen LogP contribution < -0.4 is 5.32 Å². The standard InChI is InChI=1S/C16H15ClN4O2/c1-10(14(22)11-3-5-12(17)6-4-11)19-15(23)13-9-21-8-2-7-18-16(21)20-13/h2-10,14,22H,1H3,(H,19,23). The average molecular weight is 331 g/mol. The number of benzene rings is 1. The van der Waals surface area contributed by atoms with Gasteiger partial charge in [0, 0.05) is 23.6 Å². The molecule has 0 radical (unpaired) electrons. The van der Waals surface area contributed by atoms with Crippen molar-refractivity contribution in [2.24, 2.45) is 0 Å². The molecular formula is C16H15ClN4O2. The number of amides is 1. The third-order valence-corrected chi connectivity index (χ3v) is 3.76. The van der Waals surface area contributed by atoms with Gasteiger partial charge in [-0.15, -0.1) is 0 Å². The maximum Gasteiger partial charge on any atom is 0.271 e. The summed E-state index contributed by atoms with van der Waals surface area (Å²) in [5, 5.41) is 13.7. The second kappa shape index (κ2) is 6.36. The van der Waals surface area contributed by atoms with Gasteiger partial charge in [0.2, 0.25) is 5.78 Å². The summed E-state index contributed by atoms with van der Waals surface area (Å²) in [6, 6.07) is 8.12. The highest BCUT2D eigenvalue weighted by molar-refractivity contribution is 6.30. The zero-order chi connectivity index (χ0) is 16.4. The molecule has 23 heavy (non-hydrogen) atoms. The Labute approximate surface area is 137 Å². The lowest BCUT2D eigenvalue weighted by atomic mass is 10.0. The first kappa shape index (κ1) is 15.5. The Balaban J connectivity index is 1.72. The Morgan fingerprint density at radius 3 is 2.78 bits per heavy atom. The summed E-state index contributed by atoms with van der Waals surface area (Å²) in [7, 11) is 0. The molecule has 0 spiro atoms. The Hall–Kier alpha value is -2.44. The highest BCUT2D eigenvalue weighted by Gasteiger charge is 2.20. The second-order valence-electron chi connectivity index (χ2n) is 5.21. The van der Waals surface area contributed by atoms with Crippen LogP contribution in [0, 0.1) is 0 Å². The van der Waals surface area contributed by atoms with Crippen LogP contribution in [0.15, 0.2) is 48.9 Å². The van der Waals surface area contributed by atoms with E-state index in [1.807, 2.05) is 0 Å². The van der Waals surface area contributed by atoms with Crippen LogP contribution in [0.25, 0.3) is 5.78 Å². The van der Waals surface area contributed by atoms with Gasteiger partial charge < -0.3 is 10.4 Å². The molecule has 2 atom stereocenters. The summed E-state index contributed by atoms with van der Waals surface area (Å²) in [5.41, 5.74) is 0.928. The molecule has 1 amide bonds. The topological polar surface area (TPSA) is 79.5 Å². The van der Waals surface area contributed by atoms with Crippen molar-refractivity contribution in [3.8, 4) is 0 Å². The minimum absolute atomic E-state index is 0.249. The van der Waals surface area contributed by atoms with Crippen molar-refractivity contribution < 1.29 is 9.90 Å². The van der Waals surface area contributed by atoms with Crippen molar-refractivity contribution in [1.29, 1.82) is 0 Å². The van der Waals surface area contributed by atoms with Crippen molar-refractivity contribution in [2.45, 2.75) is 19.1 Å². The highest BCUT2D eigenvalue weighted by Crippen LogP contribution is 2.19. The van der Waals surface area contributed by atoms with E-state index in [0.717, 1.165) is 0 Å². The normalized spacial score (nSPS) is 13.7. The van der Waals surface area contributed by atoms with Crippen LogP contribution in [0.5, 0.6) is 0 Å². The number of halogens is 1. The molecular weight excluding hydrogens is 316 g/mol. The van der Waals surface area contributed by atoms with Gasteiger partial charge in [-0.1, -0.05) is 23.7 Å². The lowest BCUT2D eigenvalue weighted by Crippen LogP contribution is -2.37. The summed E-state index contributed by atoms with van der Waals surface area (Å²) in [6.07, 6.45) is 4.13. The number of nitrogens with one attached hydrogen (secondary N) is 1. The summed E-state index contributed by atoms with van der Waals surface area (Å²) in [6.45, 7) is 1.73. The number of aromatic nitrogens is 3. The van der Waals surface area contributed by atoms with E-state index >= 15 is 0 Å². The van der Waals surface area contributed by atoms with Crippen molar-refractivity contribution in [2.75, 3.05) is 0 Å². The number of aliphatic hydroxyl groups is 1. The van der Waals surface area contributed by atoms with E-state index in [-0.39, 0.29) is 11.6 Å². The van der Waals surface area contributed by atoms with Gasteiger partial charge in [0.25, 0.3) is 5.91 Å². The van der Waals surface area contributed by atoms with E-state index in [9.17, 15) is 9.90 Å². The van der Waals surface area contributed by atoms with Gasteiger partial charge >= 0.3 is 0 Å². The molecule has 0 bridgehead atoms. The molecule has 3 rings (SSSR count). The molecule has 6 nitrogen and oxygen atoms in total. The van der Waals surface area contributed by atoms with E-state index in [1.54, 1.807) is 60.2 Å². The van der Waals surface area contributed by atoms with Gasteiger partial charge in [0.05, 0.1) is 12.1 Å². The summed E-state index contributed by atoms with van der Waals surface area (Å²) in [4.78, 5) is 20.5. The van der Waals surface area contributed by atoms with Gasteiger partial charge in [-0.05, 0) is 30.7 Å². The third-order valence-electron chi connectivity index (χ3n) is 3.51. The number of carbonyl (C=O) groups excluding carboxylic acids is 1. The molecule has 0 aliphatic carbocycles. The minimum atomic E-state index is -0.841. The first-order chi connectivity index (χ1) is 11.0. The molecule has 1 aromatic carbocycles. The molecule has 7 heteroatoms. The Morgan fingerprint density at radius 1 is 1.35 bits per heavy atom.